The van der Waals surface area contributed by atoms with E-state index in [0.29, 0.717) is 0 Å². The Hall–Kier alpha value is -1.68. The molecule has 0 fully saturated rings. The van der Waals surface area contributed by atoms with E-state index in [4.69, 9.17) is 0 Å². The fourth-order valence-electron chi connectivity index (χ4n) is 1.91. The number of anilines is 1. The summed E-state index contributed by atoms with van der Waals surface area (Å²) in [7, 11) is 4.21. The Labute approximate surface area is 108 Å². The van der Waals surface area contributed by atoms with Gasteiger partial charge in [-0.3, -0.25) is 0 Å². The number of hydrogen-bond donors (Lipinski definition) is 1. The Morgan fingerprint density at radius 3 is 2.78 bits per heavy atom. The van der Waals surface area contributed by atoms with Gasteiger partial charge in [0.1, 0.15) is 12.1 Å². The summed E-state index contributed by atoms with van der Waals surface area (Å²) in [6.07, 6.45) is 3.96. The maximum atomic E-state index is 4.31. The van der Waals surface area contributed by atoms with E-state index in [0.717, 1.165) is 36.2 Å². The number of nitrogens with one attached hydrogen (secondary N) is 1. The van der Waals surface area contributed by atoms with Gasteiger partial charge in [0, 0.05) is 11.9 Å². The summed E-state index contributed by atoms with van der Waals surface area (Å²) in [5.41, 5.74) is 0.989. The molecule has 0 aliphatic heterocycles. The van der Waals surface area contributed by atoms with Gasteiger partial charge in [0.05, 0.1) is 5.52 Å². The van der Waals surface area contributed by atoms with Crippen molar-refractivity contribution in [2.45, 2.75) is 12.8 Å². The van der Waals surface area contributed by atoms with Crippen molar-refractivity contribution in [1.82, 2.24) is 14.9 Å². The summed E-state index contributed by atoms with van der Waals surface area (Å²) in [5.74, 6) is 0.936. The number of nitrogens with zero attached hydrogens (tertiary/aromatic N) is 3. The normalized spacial score (nSPS) is 11.1. The van der Waals surface area contributed by atoms with Crippen molar-refractivity contribution in [2.75, 3.05) is 32.5 Å². The predicted octanol–water partition coefficient (Wildman–Crippen LogP) is 2.38. The monoisotopic (exact) mass is 244 g/mol. The Morgan fingerprint density at radius 2 is 1.94 bits per heavy atom. The first kappa shape index (κ1) is 12.8. The van der Waals surface area contributed by atoms with Crippen LogP contribution < -0.4 is 5.32 Å². The zero-order chi connectivity index (χ0) is 12.8. The average Bonchev–Trinajstić information content (AvgIpc) is 2.38. The lowest BCUT2D eigenvalue weighted by molar-refractivity contribution is 0.396. The smallest absolute Gasteiger partial charge is 0.137 e. The molecule has 4 heteroatoms. The van der Waals surface area contributed by atoms with Crippen LogP contribution in [0.25, 0.3) is 10.9 Å². The number of aromatic nitrogens is 2. The summed E-state index contributed by atoms with van der Waals surface area (Å²) in [4.78, 5) is 10.8. The second kappa shape index (κ2) is 6.31. The van der Waals surface area contributed by atoms with Crippen molar-refractivity contribution in [3.8, 4) is 0 Å². The van der Waals surface area contributed by atoms with Crippen molar-refractivity contribution >= 4 is 16.7 Å². The van der Waals surface area contributed by atoms with Crippen LogP contribution in [0.4, 0.5) is 5.82 Å². The first-order chi connectivity index (χ1) is 8.77. The highest BCUT2D eigenvalue weighted by Gasteiger charge is 2.01. The fourth-order valence-corrected chi connectivity index (χ4v) is 1.91. The molecule has 1 N–H and O–H groups in total. The summed E-state index contributed by atoms with van der Waals surface area (Å²) in [5, 5.41) is 4.48. The van der Waals surface area contributed by atoms with Gasteiger partial charge in [0.2, 0.25) is 0 Å². The van der Waals surface area contributed by atoms with Gasteiger partial charge in [-0.1, -0.05) is 12.1 Å². The number of rotatable bonds is 6. The molecular weight excluding hydrogens is 224 g/mol. The molecule has 4 nitrogen and oxygen atoms in total. The third-order valence-corrected chi connectivity index (χ3v) is 2.87. The van der Waals surface area contributed by atoms with Gasteiger partial charge < -0.3 is 10.2 Å². The highest BCUT2D eigenvalue weighted by molar-refractivity contribution is 5.88. The molecule has 2 rings (SSSR count). The molecule has 0 saturated carbocycles. The molecular formula is C14H20N4. The van der Waals surface area contributed by atoms with E-state index in [-0.39, 0.29) is 0 Å². The van der Waals surface area contributed by atoms with Crippen molar-refractivity contribution < 1.29 is 0 Å². The molecule has 0 amide bonds. The van der Waals surface area contributed by atoms with E-state index < -0.39 is 0 Å². The van der Waals surface area contributed by atoms with E-state index in [2.05, 4.69) is 40.3 Å². The Morgan fingerprint density at radius 1 is 1.11 bits per heavy atom. The number of unbranched alkanes of at least 4 members (excludes halogenated alkanes) is 1. The molecule has 1 heterocycles. The second-order valence-corrected chi connectivity index (χ2v) is 4.68. The lowest BCUT2D eigenvalue weighted by Crippen LogP contribution is -2.14. The molecule has 0 spiro atoms. The molecule has 0 aliphatic rings. The summed E-state index contributed by atoms with van der Waals surface area (Å²) < 4.78 is 0. The molecule has 1 aromatic heterocycles. The van der Waals surface area contributed by atoms with Crippen molar-refractivity contribution in [3.05, 3.63) is 30.6 Å². The van der Waals surface area contributed by atoms with Gasteiger partial charge in [0.25, 0.3) is 0 Å². The predicted molar refractivity (Wildman–Crippen MR) is 75.8 cm³/mol. The highest BCUT2D eigenvalue weighted by atomic mass is 15.0. The van der Waals surface area contributed by atoms with Crippen LogP contribution in [0.5, 0.6) is 0 Å². The van der Waals surface area contributed by atoms with Crippen LogP contribution in [0.2, 0.25) is 0 Å². The third kappa shape index (κ3) is 3.40. The number of para-hydroxylation sites is 1. The standard InChI is InChI=1S/C14H20N4/c1-18(2)10-6-5-9-15-14-12-7-3-4-8-13(12)16-11-17-14/h3-4,7-8,11H,5-6,9-10H2,1-2H3,(H,15,16,17). The van der Waals surface area contributed by atoms with Crippen molar-refractivity contribution in [1.29, 1.82) is 0 Å². The Kier molecular flexibility index (Phi) is 4.47. The fraction of sp³-hybridized carbons (Fsp3) is 0.429. The molecule has 0 radical (unpaired) electrons. The summed E-state index contributed by atoms with van der Waals surface area (Å²) in [6, 6.07) is 8.07. The maximum absolute atomic E-state index is 4.31. The van der Waals surface area contributed by atoms with Gasteiger partial charge in [-0.15, -0.1) is 0 Å². The van der Waals surface area contributed by atoms with E-state index in [9.17, 15) is 0 Å². The van der Waals surface area contributed by atoms with E-state index in [1.54, 1.807) is 6.33 Å². The lowest BCUT2D eigenvalue weighted by Gasteiger charge is -2.10. The topological polar surface area (TPSA) is 41.0 Å². The molecule has 1 aromatic carbocycles. The minimum Gasteiger partial charge on any atom is -0.369 e. The molecule has 0 unspecified atom stereocenters. The number of hydrogen-bond acceptors (Lipinski definition) is 4. The minimum absolute atomic E-state index is 0.936. The number of benzene rings is 1. The highest BCUT2D eigenvalue weighted by Crippen LogP contribution is 2.18. The first-order valence-electron chi connectivity index (χ1n) is 6.36. The van der Waals surface area contributed by atoms with Crippen LogP contribution in [0.1, 0.15) is 12.8 Å². The van der Waals surface area contributed by atoms with Gasteiger partial charge >= 0.3 is 0 Å². The van der Waals surface area contributed by atoms with Crippen LogP contribution >= 0.6 is 0 Å². The molecule has 0 atom stereocenters. The quantitative estimate of drug-likeness (QED) is 0.792. The lowest BCUT2D eigenvalue weighted by atomic mass is 10.2. The molecule has 0 aliphatic carbocycles. The van der Waals surface area contributed by atoms with Crippen molar-refractivity contribution in [3.63, 3.8) is 0 Å². The van der Waals surface area contributed by atoms with Gasteiger partial charge in [-0.2, -0.15) is 0 Å². The Bertz CT molecular complexity index is 491. The molecule has 18 heavy (non-hydrogen) atoms. The third-order valence-electron chi connectivity index (χ3n) is 2.87. The largest absolute Gasteiger partial charge is 0.369 e. The first-order valence-corrected chi connectivity index (χ1v) is 6.36. The van der Waals surface area contributed by atoms with E-state index in [1.807, 2.05) is 18.2 Å². The molecule has 2 aromatic rings. The maximum Gasteiger partial charge on any atom is 0.137 e. The van der Waals surface area contributed by atoms with E-state index >= 15 is 0 Å². The number of fused-ring (bicyclic) bond motifs is 1. The average molecular weight is 244 g/mol. The van der Waals surface area contributed by atoms with Crippen molar-refractivity contribution in [2.24, 2.45) is 0 Å². The van der Waals surface area contributed by atoms with Crippen LogP contribution in [0.15, 0.2) is 30.6 Å². The zero-order valence-corrected chi connectivity index (χ0v) is 11.1. The van der Waals surface area contributed by atoms with Gasteiger partial charge in [-0.05, 0) is 45.6 Å². The molecule has 0 bridgehead atoms. The molecule has 0 saturated heterocycles. The van der Waals surface area contributed by atoms with E-state index in [1.165, 1.54) is 6.42 Å². The minimum atomic E-state index is 0.936. The van der Waals surface area contributed by atoms with Crippen LogP contribution in [-0.2, 0) is 0 Å². The van der Waals surface area contributed by atoms with Crippen LogP contribution in [0.3, 0.4) is 0 Å². The van der Waals surface area contributed by atoms with Crippen LogP contribution in [-0.4, -0.2) is 42.1 Å². The van der Waals surface area contributed by atoms with Gasteiger partial charge in [0.15, 0.2) is 0 Å². The zero-order valence-electron chi connectivity index (χ0n) is 11.1. The molecule has 96 valence electrons. The SMILES string of the molecule is CN(C)CCCCNc1ncnc2ccccc12. The summed E-state index contributed by atoms with van der Waals surface area (Å²) in [6.45, 7) is 2.08. The van der Waals surface area contributed by atoms with Gasteiger partial charge in [-0.25, -0.2) is 9.97 Å². The van der Waals surface area contributed by atoms with Crippen LogP contribution in [0, 0.1) is 0 Å². The second-order valence-electron chi connectivity index (χ2n) is 4.68. The Balaban J connectivity index is 1.91. The summed E-state index contributed by atoms with van der Waals surface area (Å²) >= 11 is 0.